The molecule has 5 heteroatoms. The lowest BCUT2D eigenvalue weighted by molar-refractivity contribution is 0.0268. The Bertz CT molecular complexity index is 372. The highest BCUT2D eigenvalue weighted by Crippen LogP contribution is 2.24. The van der Waals surface area contributed by atoms with Crippen molar-refractivity contribution in [2.45, 2.75) is 18.6 Å². The van der Waals surface area contributed by atoms with Crippen LogP contribution in [0.3, 0.4) is 0 Å². The average Bonchev–Trinajstić information content (AvgIpc) is 2.70. The first kappa shape index (κ1) is 13.1. The third kappa shape index (κ3) is 3.33. The highest BCUT2D eigenvalue weighted by molar-refractivity contribution is 6.35. The van der Waals surface area contributed by atoms with Gasteiger partial charge in [-0.1, -0.05) is 29.3 Å². The molecule has 0 aromatic heterocycles. The third-order valence-corrected chi connectivity index (χ3v) is 3.61. The SMILES string of the molecule is OC1(CNCc2c(Cl)cccc2Cl)CCOC1. The Morgan fingerprint density at radius 3 is 2.65 bits per heavy atom. The van der Waals surface area contributed by atoms with Gasteiger partial charge >= 0.3 is 0 Å². The van der Waals surface area contributed by atoms with E-state index in [1.807, 2.05) is 6.07 Å². The van der Waals surface area contributed by atoms with Crippen molar-refractivity contribution in [2.75, 3.05) is 19.8 Å². The summed E-state index contributed by atoms with van der Waals surface area (Å²) in [6.45, 7) is 2.02. The van der Waals surface area contributed by atoms with Gasteiger partial charge in [0, 0.05) is 41.7 Å². The van der Waals surface area contributed by atoms with Gasteiger partial charge in [0.1, 0.15) is 5.60 Å². The molecule has 1 aromatic carbocycles. The quantitative estimate of drug-likeness (QED) is 0.886. The molecule has 0 bridgehead atoms. The van der Waals surface area contributed by atoms with Crippen molar-refractivity contribution in [2.24, 2.45) is 0 Å². The zero-order valence-electron chi connectivity index (χ0n) is 9.38. The lowest BCUT2D eigenvalue weighted by Crippen LogP contribution is -2.40. The first-order valence-electron chi connectivity index (χ1n) is 5.54. The number of halogens is 2. The van der Waals surface area contributed by atoms with Crippen molar-refractivity contribution >= 4 is 23.2 Å². The molecule has 0 amide bonds. The Balaban J connectivity index is 1.90. The molecule has 3 nitrogen and oxygen atoms in total. The topological polar surface area (TPSA) is 41.5 Å². The second-order valence-corrected chi connectivity index (χ2v) is 5.15. The van der Waals surface area contributed by atoms with Crippen molar-refractivity contribution in [1.82, 2.24) is 5.32 Å². The summed E-state index contributed by atoms with van der Waals surface area (Å²) in [6, 6.07) is 5.42. The van der Waals surface area contributed by atoms with E-state index in [1.54, 1.807) is 12.1 Å². The number of hydrogen-bond donors (Lipinski definition) is 2. The van der Waals surface area contributed by atoms with Gasteiger partial charge in [-0.2, -0.15) is 0 Å². The molecule has 1 aromatic rings. The van der Waals surface area contributed by atoms with E-state index in [0.29, 0.717) is 42.8 Å². The molecule has 2 N–H and O–H groups in total. The Labute approximate surface area is 111 Å². The van der Waals surface area contributed by atoms with Crippen molar-refractivity contribution in [3.8, 4) is 0 Å². The van der Waals surface area contributed by atoms with Gasteiger partial charge in [-0.25, -0.2) is 0 Å². The van der Waals surface area contributed by atoms with Crippen LogP contribution in [0, 0.1) is 0 Å². The van der Waals surface area contributed by atoms with Gasteiger partial charge in [0.15, 0.2) is 0 Å². The summed E-state index contributed by atoms with van der Waals surface area (Å²) < 4.78 is 5.17. The summed E-state index contributed by atoms with van der Waals surface area (Å²) in [5.74, 6) is 0. The fraction of sp³-hybridized carbons (Fsp3) is 0.500. The van der Waals surface area contributed by atoms with E-state index in [9.17, 15) is 5.11 Å². The van der Waals surface area contributed by atoms with Crippen LogP contribution in [-0.2, 0) is 11.3 Å². The number of aliphatic hydroxyl groups is 1. The number of ether oxygens (including phenoxy) is 1. The maximum atomic E-state index is 10.1. The van der Waals surface area contributed by atoms with Gasteiger partial charge in [0.25, 0.3) is 0 Å². The molecule has 17 heavy (non-hydrogen) atoms. The number of hydrogen-bond acceptors (Lipinski definition) is 3. The highest BCUT2D eigenvalue weighted by atomic mass is 35.5. The molecule has 1 saturated heterocycles. The summed E-state index contributed by atoms with van der Waals surface area (Å²) in [6.07, 6.45) is 0.663. The Kier molecular flexibility index (Phi) is 4.28. The van der Waals surface area contributed by atoms with Crippen molar-refractivity contribution in [1.29, 1.82) is 0 Å². The summed E-state index contributed by atoms with van der Waals surface area (Å²) in [7, 11) is 0. The monoisotopic (exact) mass is 275 g/mol. The number of nitrogens with one attached hydrogen (secondary N) is 1. The lowest BCUT2D eigenvalue weighted by Gasteiger charge is -2.21. The Morgan fingerprint density at radius 1 is 1.35 bits per heavy atom. The van der Waals surface area contributed by atoms with Crippen LogP contribution in [0.2, 0.25) is 10.0 Å². The van der Waals surface area contributed by atoms with Crippen LogP contribution in [0.4, 0.5) is 0 Å². The Morgan fingerprint density at radius 2 is 2.06 bits per heavy atom. The second-order valence-electron chi connectivity index (χ2n) is 4.33. The van der Waals surface area contributed by atoms with E-state index in [2.05, 4.69) is 5.32 Å². The molecular weight excluding hydrogens is 261 g/mol. The molecule has 1 atom stereocenters. The van der Waals surface area contributed by atoms with Gasteiger partial charge in [-0.05, 0) is 12.1 Å². The van der Waals surface area contributed by atoms with E-state index in [1.165, 1.54) is 0 Å². The van der Waals surface area contributed by atoms with Gasteiger partial charge in [-0.3, -0.25) is 0 Å². The van der Waals surface area contributed by atoms with Crippen LogP contribution in [0.25, 0.3) is 0 Å². The standard InChI is InChI=1S/C12H15Cl2NO2/c13-10-2-1-3-11(14)9(10)6-15-7-12(16)4-5-17-8-12/h1-3,15-16H,4-8H2. The van der Waals surface area contributed by atoms with E-state index < -0.39 is 5.60 Å². The third-order valence-electron chi connectivity index (χ3n) is 2.90. The van der Waals surface area contributed by atoms with E-state index in [4.69, 9.17) is 27.9 Å². The molecule has 2 rings (SSSR count). The zero-order chi connectivity index (χ0) is 12.3. The first-order valence-corrected chi connectivity index (χ1v) is 6.30. The molecule has 0 saturated carbocycles. The predicted molar refractivity (Wildman–Crippen MR) is 68.6 cm³/mol. The maximum absolute atomic E-state index is 10.1. The molecule has 1 unspecified atom stereocenters. The van der Waals surface area contributed by atoms with Crippen LogP contribution < -0.4 is 5.32 Å². The van der Waals surface area contributed by atoms with Gasteiger partial charge in [0.05, 0.1) is 6.61 Å². The highest BCUT2D eigenvalue weighted by Gasteiger charge is 2.31. The average molecular weight is 276 g/mol. The molecule has 1 heterocycles. The summed E-state index contributed by atoms with van der Waals surface area (Å²) in [5, 5.41) is 14.5. The second kappa shape index (κ2) is 5.55. The zero-order valence-corrected chi connectivity index (χ0v) is 10.9. The minimum absolute atomic E-state index is 0.385. The molecular formula is C12H15Cl2NO2. The van der Waals surface area contributed by atoms with E-state index in [-0.39, 0.29) is 0 Å². The van der Waals surface area contributed by atoms with Crippen molar-refractivity contribution < 1.29 is 9.84 Å². The fourth-order valence-electron chi connectivity index (χ4n) is 1.86. The molecule has 0 spiro atoms. The minimum atomic E-state index is -0.756. The van der Waals surface area contributed by atoms with Gasteiger partial charge in [-0.15, -0.1) is 0 Å². The molecule has 1 aliphatic rings. The summed E-state index contributed by atoms with van der Waals surface area (Å²) >= 11 is 12.1. The fourth-order valence-corrected chi connectivity index (χ4v) is 2.39. The van der Waals surface area contributed by atoms with Gasteiger partial charge < -0.3 is 15.2 Å². The molecule has 1 aliphatic heterocycles. The minimum Gasteiger partial charge on any atom is -0.386 e. The van der Waals surface area contributed by atoms with Crippen LogP contribution in [0.15, 0.2) is 18.2 Å². The van der Waals surface area contributed by atoms with E-state index in [0.717, 1.165) is 5.56 Å². The predicted octanol–water partition coefficient (Wildman–Crippen LogP) is 2.23. The molecule has 0 aliphatic carbocycles. The summed E-state index contributed by atoms with van der Waals surface area (Å²) in [5.41, 5.74) is 0.103. The van der Waals surface area contributed by atoms with Crippen molar-refractivity contribution in [3.63, 3.8) is 0 Å². The lowest BCUT2D eigenvalue weighted by atomic mass is 10.0. The van der Waals surface area contributed by atoms with Gasteiger partial charge in [0.2, 0.25) is 0 Å². The number of benzene rings is 1. The largest absolute Gasteiger partial charge is 0.386 e. The van der Waals surface area contributed by atoms with Crippen molar-refractivity contribution in [3.05, 3.63) is 33.8 Å². The normalized spacial score (nSPS) is 24.2. The Hall–Kier alpha value is -0.320. The van der Waals surface area contributed by atoms with Crippen LogP contribution >= 0.6 is 23.2 Å². The van der Waals surface area contributed by atoms with Crippen LogP contribution in [-0.4, -0.2) is 30.5 Å². The molecule has 1 fully saturated rings. The maximum Gasteiger partial charge on any atom is 0.102 e. The molecule has 0 radical (unpaired) electrons. The van der Waals surface area contributed by atoms with Crippen LogP contribution in [0.5, 0.6) is 0 Å². The number of rotatable bonds is 4. The molecule has 94 valence electrons. The van der Waals surface area contributed by atoms with E-state index >= 15 is 0 Å². The van der Waals surface area contributed by atoms with Crippen LogP contribution in [0.1, 0.15) is 12.0 Å². The summed E-state index contributed by atoms with van der Waals surface area (Å²) in [4.78, 5) is 0. The first-order chi connectivity index (χ1) is 8.11. The smallest absolute Gasteiger partial charge is 0.102 e.